The summed E-state index contributed by atoms with van der Waals surface area (Å²) in [7, 11) is 0. The van der Waals surface area contributed by atoms with Crippen molar-refractivity contribution < 1.29 is 14.1 Å². The zero-order valence-electron chi connectivity index (χ0n) is 15.4. The number of aryl methyl sites for hydroxylation is 1. The van der Waals surface area contributed by atoms with Gasteiger partial charge in [-0.2, -0.15) is 0 Å². The molecule has 3 heterocycles. The first-order valence-corrected chi connectivity index (χ1v) is 9.17. The van der Waals surface area contributed by atoms with E-state index in [2.05, 4.69) is 10.3 Å². The number of amides is 1. The van der Waals surface area contributed by atoms with Crippen LogP contribution < -0.4 is 10.2 Å². The van der Waals surface area contributed by atoms with E-state index in [1.807, 2.05) is 11.0 Å². The number of furan rings is 1. The zero-order valence-corrected chi connectivity index (χ0v) is 15.4. The zero-order chi connectivity index (χ0) is 19.7. The number of hydrogen-bond acceptors (Lipinski definition) is 6. The Balaban J connectivity index is 1.49. The van der Waals surface area contributed by atoms with Gasteiger partial charge in [0.05, 0.1) is 15.8 Å². The lowest BCUT2D eigenvalue weighted by atomic mass is 10.0. The molecule has 0 saturated carbocycles. The maximum Gasteiger partial charge on any atom is 0.301 e. The number of nitro groups is 1. The van der Waals surface area contributed by atoms with Crippen molar-refractivity contribution in [1.29, 1.82) is 0 Å². The summed E-state index contributed by atoms with van der Waals surface area (Å²) in [6.45, 7) is 3.03. The topological polar surface area (TPSA) is 102 Å². The van der Waals surface area contributed by atoms with Crippen molar-refractivity contribution in [2.45, 2.75) is 25.8 Å². The maximum absolute atomic E-state index is 12.3. The highest BCUT2D eigenvalue weighted by molar-refractivity contribution is 5.94. The number of hydrogen-bond donors (Lipinski definition) is 1. The number of carbonyl (C=O) groups is 1. The molecule has 0 spiro atoms. The minimum absolute atomic E-state index is 0.00957. The smallest absolute Gasteiger partial charge is 0.301 e. The number of fused-ring (bicyclic) bond motifs is 1. The summed E-state index contributed by atoms with van der Waals surface area (Å²) < 4.78 is 5.36. The van der Waals surface area contributed by atoms with Gasteiger partial charge in [0, 0.05) is 25.3 Å². The number of rotatable bonds is 4. The van der Waals surface area contributed by atoms with Gasteiger partial charge in [-0.25, -0.2) is 0 Å². The van der Waals surface area contributed by atoms with Gasteiger partial charge in [0.2, 0.25) is 0 Å². The van der Waals surface area contributed by atoms with Gasteiger partial charge in [-0.3, -0.25) is 19.9 Å². The second kappa shape index (κ2) is 7.30. The monoisotopic (exact) mass is 380 g/mol. The third-order valence-corrected chi connectivity index (χ3v) is 5.05. The molecule has 0 atom stereocenters. The molecule has 1 aliphatic rings. The summed E-state index contributed by atoms with van der Waals surface area (Å²) >= 11 is 0. The molecular weight excluding hydrogens is 360 g/mol. The van der Waals surface area contributed by atoms with Crippen LogP contribution in [0.3, 0.4) is 0 Å². The number of aromatic nitrogens is 1. The van der Waals surface area contributed by atoms with Crippen molar-refractivity contribution in [3.63, 3.8) is 0 Å². The van der Waals surface area contributed by atoms with Gasteiger partial charge in [-0.15, -0.1) is 0 Å². The summed E-state index contributed by atoms with van der Waals surface area (Å²) in [4.78, 5) is 29.9. The molecule has 1 N–H and O–H groups in total. The molecule has 4 rings (SSSR count). The average molecular weight is 380 g/mol. The number of pyridine rings is 1. The summed E-state index contributed by atoms with van der Waals surface area (Å²) in [5, 5.41) is 15.3. The molecule has 1 saturated heterocycles. The molecule has 0 aliphatic carbocycles. The Morgan fingerprint density at radius 2 is 2.04 bits per heavy atom. The van der Waals surface area contributed by atoms with E-state index in [1.165, 1.54) is 0 Å². The number of benzene rings is 1. The Bertz CT molecular complexity index is 1040. The molecule has 1 amide bonds. The van der Waals surface area contributed by atoms with E-state index in [0.29, 0.717) is 54.0 Å². The third-order valence-electron chi connectivity index (χ3n) is 5.05. The molecule has 8 heteroatoms. The molecule has 0 unspecified atom stereocenters. The van der Waals surface area contributed by atoms with E-state index in [4.69, 9.17) is 4.42 Å². The predicted octanol–water partition coefficient (Wildman–Crippen LogP) is 3.44. The molecule has 28 heavy (non-hydrogen) atoms. The minimum atomic E-state index is -0.341. The quantitative estimate of drug-likeness (QED) is 0.549. The van der Waals surface area contributed by atoms with E-state index >= 15 is 0 Å². The second-order valence-electron chi connectivity index (χ2n) is 6.91. The average Bonchev–Trinajstić information content (AvgIpc) is 3.14. The molecule has 0 radical (unpaired) electrons. The Kier molecular flexibility index (Phi) is 4.68. The SMILES string of the molecule is Cc1ccc(C(=O)NC2CCN(c3ccc4ncccc4c3[N+](=O)[O-])CC2)o1. The Morgan fingerprint density at radius 1 is 1.25 bits per heavy atom. The van der Waals surface area contributed by atoms with Crippen LogP contribution in [0.15, 0.2) is 47.0 Å². The fourth-order valence-electron chi connectivity index (χ4n) is 3.65. The standard InChI is InChI=1S/C20H20N4O4/c1-13-4-7-18(28-13)20(25)22-14-8-11-23(12-9-14)17-6-5-16-15(3-2-10-21-16)19(17)24(26)27/h2-7,10,14H,8-9,11-12H2,1H3,(H,22,25). The van der Waals surface area contributed by atoms with E-state index in [0.717, 1.165) is 0 Å². The number of piperidine rings is 1. The van der Waals surface area contributed by atoms with Gasteiger partial charge >= 0.3 is 5.69 Å². The molecule has 144 valence electrons. The predicted molar refractivity (Wildman–Crippen MR) is 105 cm³/mol. The fourth-order valence-corrected chi connectivity index (χ4v) is 3.65. The molecule has 1 fully saturated rings. The van der Waals surface area contributed by atoms with Crippen molar-refractivity contribution in [3.8, 4) is 0 Å². The Morgan fingerprint density at radius 3 is 2.71 bits per heavy atom. The molecular formula is C20H20N4O4. The molecule has 1 aliphatic heterocycles. The van der Waals surface area contributed by atoms with Crippen molar-refractivity contribution >= 4 is 28.2 Å². The van der Waals surface area contributed by atoms with Crippen LogP contribution in [-0.4, -0.2) is 34.9 Å². The lowest BCUT2D eigenvalue weighted by molar-refractivity contribution is -0.382. The first-order valence-electron chi connectivity index (χ1n) is 9.17. The largest absolute Gasteiger partial charge is 0.456 e. The summed E-state index contributed by atoms with van der Waals surface area (Å²) in [5.41, 5.74) is 1.28. The van der Waals surface area contributed by atoms with E-state index in [-0.39, 0.29) is 22.6 Å². The van der Waals surface area contributed by atoms with E-state index in [9.17, 15) is 14.9 Å². The lowest BCUT2D eigenvalue weighted by Crippen LogP contribution is -2.44. The van der Waals surface area contributed by atoms with E-state index in [1.54, 1.807) is 43.5 Å². The van der Waals surface area contributed by atoms with Crippen LogP contribution in [0.25, 0.3) is 10.9 Å². The molecule has 2 aromatic heterocycles. The summed E-state index contributed by atoms with van der Waals surface area (Å²) in [6.07, 6.45) is 3.03. The van der Waals surface area contributed by atoms with Crippen LogP contribution in [-0.2, 0) is 0 Å². The van der Waals surface area contributed by atoms with Gasteiger partial charge in [0.1, 0.15) is 11.4 Å². The first kappa shape index (κ1) is 18.0. The fraction of sp³-hybridized carbons (Fsp3) is 0.300. The molecule has 1 aromatic carbocycles. The van der Waals surface area contributed by atoms with Crippen LogP contribution in [0.4, 0.5) is 11.4 Å². The van der Waals surface area contributed by atoms with Crippen molar-refractivity contribution in [3.05, 3.63) is 64.2 Å². The van der Waals surface area contributed by atoms with Gasteiger partial charge < -0.3 is 14.6 Å². The molecule has 8 nitrogen and oxygen atoms in total. The van der Waals surface area contributed by atoms with Crippen LogP contribution >= 0.6 is 0 Å². The highest BCUT2D eigenvalue weighted by atomic mass is 16.6. The number of nitrogens with zero attached hydrogens (tertiary/aromatic N) is 3. The minimum Gasteiger partial charge on any atom is -0.456 e. The van der Waals surface area contributed by atoms with Gasteiger partial charge in [-0.1, -0.05) is 0 Å². The van der Waals surface area contributed by atoms with E-state index < -0.39 is 0 Å². The summed E-state index contributed by atoms with van der Waals surface area (Å²) in [6, 6.07) is 10.4. The molecule has 0 bridgehead atoms. The Labute approximate surface area is 161 Å². The van der Waals surface area contributed by atoms with Crippen LogP contribution in [0, 0.1) is 17.0 Å². The van der Waals surface area contributed by atoms with Crippen molar-refractivity contribution in [2.24, 2.45) is 0 Å². The van der Waals surface area contributed by atoms with Gasteiger partial charge in [0.25, 0.3) is 5.91 Å². The summed E-state index contributed by atoms with van der Waals surface area (Å²) in [5.74, 6) is 0.768. The van der Waals surface area contributed by atoms with Crippen molar-refractivity contribution in [2.75, 3.05) is 18.0 Å². The van der Waals surface area contributed by atoms with Crippen LogP contribution in [0.2, 0.25) is 0 Å². The highest BCUT2D eigenvalue weighted by Crippen LogP contribution is 2.36. The molecule has 3 aromatic rings. The number of carbonyl (C=O) groups excluding carboxylic acids is 1. The van der Waals surface area contributed by atoms with Gasteiger partial charge in [0.15, 0.2) is 5.76 Å². The number of anilines is 1. The van der Waals surface area contributed by atoms with Gasteiger partial charge in [-0.05, 0) is 56.2 Å². The second-order valence-corrected chi connectivity index (χ2v) is 6.91. The third kappa shape index (κ3) is 3.40. The normalized spacial score (nSPS) is 15.0. The first-order chi connectivity index (χ1) is 13.5. The number of nitro benzene ring substituents is 1. The highest BCUT2D eigenvalue weighted by Gasteiger charge is 2.28. The van der Waals surface area contributed by atoms with Crippen LogP contribution in [0.1, 0.15) is 29.2 Å². The lowest BCUT2D eigenvalue weighted by Gasteiger charge is -2.33. The Hall–Kier alpha value is -3.42. The van der Waals surface area contributed by atoms with Crippen LogP contribution in [0.5, 0.6) is 0 Å². The van der Waals surface area contributed by atoms with Crippen molar-refractivity contribution in [1.82, 2.24) is 10.3 Å². The number of nitrogens with one attached hydrogen (secondary N) is 1. The maximum atomic E-state index is 12.3.